The third-order valence-corrected chi connectivity index (χ3v) is 6.81. The van der Waals surface area contributed by atoms with E-state index in [9.17, 15) is 24.0 Å². The average Bonchev–Trinajstić information content (AvgIpc) is 3.75. The molecule has 2 unspecified atom stereocenters. The van der Waals surface area contributed by atoms with Crippen LogP contribution in [0, 0.1) is 0 Å². The van der Waals surface area contributed by atoms with E-state index >= 15 is 0 Å². The summed E-state index contributed by atoms with van der Waals surface area (Å²) in [5.41, 5.74) is 1.15. The van der Waals surface area contributed by atoms with Crippen LogP contribution in [0.2, 0.25) is 0 Å². The third-order valence-electron chi connectivity index (χ3n) is 6.81. The van der Waals surface area contributed by atoms with Crippen molar-refractivity contribution >= 4 is 29.6 Å². The quantitative estimate of drug-likeness (QED) is 0.166. The molecule has 0 bridgehead atoms. The molecule has 2 aromatic rings. The molecule has 13 nitrogen and oxygen atoms in total. The van der Waals surface area contributed by atoms with Crippen LogP contribution in [0.15, 0.2) is 48.5 Å². The number of rotatable bonds is 11. The van der Waals surface area contributed by atoms with Gasteiger partial charge in [-0.1, -0.05) is 24.3 Å². The van der Waals surface area contributed by atoms with Gasteiger partial charge in [-0.05, 0) is 29.8 Å². The monoisotopic (exact) mass is 598 g/mol. The van der Waals surface area contributed by atoms with Crippen molar-refractivity contribution in [2.24, 2.45) is 0 Å². The van der Waals surface area contributed by atoms with Gasteiger partial charge in [-0.25, -0.2) is 0 Å². The predicted octanol–water partition coefficient (Wildman–Crippen LogP) is 1.63. The van der Waals surface area contributed by atoms with Gasteiger partial charge in [0.05, 0.1) is 24.8 Å². The number of hydrogen-bond acceptors (Lipinski definition) is 12. The van der Waals surface area contributed by atoms with Crippen molar-refractivity contribution in [1.29, 1.82) is 0 Å². The molecule has 7 atom stereocenters. The molecule has 0 spiro atoms. The van der Waals surface area contributed by atoms with Gasteiger partial charge < -0.3 is 33.7 Å². The molecule has 2 aliphatic rings. The maximum atomic E-state index is 13.6. The lowest BCUT2D eigenvalue weighted by Gasteiger charge is -2.44. The van der Waals surface area contributed by atoms with E-state index in [0.29, 0.717) is 5.75 Å². The highest BCUT2D eigenvalue weighted by Gasteiger charge is 2.52. The summed E-state index contributed by atoms with van der Waals surface area (Å²) in [7, 11) is 1.57. The zero-order valence-electron chi connectivity index (χ0n) is 24.4. The fraction of sp³-hybridized carbons (Fsp3) is 0.433. The van der Waals surface area contributed by atoms with Crippen LogP contribution in [-0.4, -0.2) is 80.0 Å². The Kier molecular flexibility index (Phi) is 9.99. The molecule has 2 fully saturated rings. The number of esters is 3. The van der Waals surface area contributed by atoms with Crippen molar-refractivity contribution in [2.75, 3.05) is 13.7 Å². The summed E-state index contributed by atoms with van der Waals surface area (Å²) in [4.78, 5) is 61.5. The van der Waals surface area contributed by atoms with Crippen molar-refractivity contribution in [2.45, 2.75) is 70.4 Å². The first-order chi connectivity index (χ1) is 20.5. The number of methoxy groups -OCH3 is 1. The van der Waals surface area contributed by atoms with Crippen LogP contribution < -0.4 is 20.1 Å². The lowest BCUT2D eigenvalue weighted by atomic mass is 9.95. The molecule has 4 rings (SSSR count). The first kappa shape index (κ1) is 31.4. The molecule has 230 valence electrons. The average molecular weight is 599 g/mol. The Morgan fingerprint density at radius 3 is 2.12 bits per heavy atom. The van der Waals surface area contributed by atoms with Crippen LogP contribution in [0.1, 0.15) is 49.7 Å². The van der Waals surface area contributed by atoms with E-state index in [0.717, 1.165) is 19.4 Å². The van der Waals surface area contributed by atoms with Crippen LogP contribution in [0.4, 0.5) is 0 Å². The summed E-state index contributed by atoms with van der Waals surface area (Å²) in [6, 6.07) is 11.9. The van der Waals surface area contributed by atoms with E-state index < -0.39 is 60.5 Å². The molecule has 2 aromatic carbocycles. The molecule has 0 saturated carbocycles. The van der Waals surface area contributed by atoms with Crippen LogP contribution in [0.5, 0.6) is 11.5 Å². The number of carbonyl (C=O) groups is 5. The summed E-state index contributed by atoms with van der Waals surface area (Å²) >= 11 is 0. The van der Waals surface area contributed by atoms with Gasteiger partial charge in [0.1, 0.15) is 30.3 Å². The maximum Gasteiger partial charge on any atom is 0.303 e. The van der Waals surface area contributed by atoms with Crippen molar-refractivity contribution < 1.29 is 52.4 Å². The van der Waals surface area contributed by atoms with E-state index in [1.165, 1.54) is 13.8 Å². The minimum atomic E-state index is -1.36. The lowest BCUT2D eigenvalue weighted by Crippen LogP contribution is -2.67. The molecule has 2 heterocycles. The number of nitrogens with one attached hydrogen (secondary N) is 2. The zero-order valence-corrected chi connectivity index (χ0v) is 24.4. The highest BCUT2D eigenvalue weighted by molar-refractivity contribution is 6.04. The second kappa shape index (κ2) is 13.7. The number of hydrogen-bond donors (Lipinski definition) is 2. The number of amides is 1. The Bertz CT molecular complexity index is 1360. The van der Waals surface area contributed by atoms with Gasteiger partial charge >= 0.3 is 17.9 Å². The second-order valence-electron chi connectivity index (χ2n) is 10.1. The van der Waals surface area contributed by atoms with E-state index in [1.807, 2.05) is 24.3 Å². The summed E-state index contributed by atoms with van der Waals surface area (Å²) in [6.45, 7) is 4.35. The molecular weight excluding hydrogens is 564 g/mol. The highest BCUT2D eigenvalue weighted by Crippen LogP contribution is 2.36. The van der Waals surface area contributed by atoms with Crippen LogP contribution in [-0.2, 0) is 38.1 Å². The van der Waals surface area contributed by atoms with E-state index in [2.05, 4.69) is 10.6 Å². The SMILES string of the molecule is COc1ccc(C2NC2C(=O)c2ccccc2O[C@@H]2O[C@H](COC(C)=O)[C@@H](OC(C)=O)[C@H](OC(C)=O)[C@H]2NC(C)=O)cc1. The maximum absolute atomic E-state index is 13.6. The van der Waals surface area contributed by atoms with Gasteiger partial charge in [-0.3, -0.25) is 29.3 Å². The summed E-state index contributed by atoms with van der Waals surface area (Å²) in [5.74, 6) is -2.02. The Balaban J connectivity index is 1.63. The first-order valence-electron chi connectivity index (χ1n) is 13.6. The van der Waals surface area contributed by atoms with Crippen LogP contribution in [0.3, 0.4) is 0 Å². The van der Waals surface area contributed by atoms with E-state index in [-0.39, 0.29) is 29.7 Å². The van der Waals surface area contributed by atoms with Crippen molar-refractivity contribution in [3.8, 4) is 11.5 Å². The zero-order chi connectivity index (χ0) is 31.3. The van der Waals surface area contributed by atoms with Crippen molar-refractivity contribution in [1.82, 2.24) is 10.6 Å². The molecule has 2 saturated heterocycles. The number of carbonyl (C=O) groups excluding carboxylic acids is 5. The normalized spacial score (nSPS) is 25.9. The Hall–Kier alpha value is -4.49. The summed E-state index contributed by atoms with van der Waals surface area (Å²) in [5, 5.41) is 5.83. The van der Waals surface area contributed by atoms with Crippen LogP contribution >= 0.6 is 0 Å². The molecule has 0 aromatic heterocycles. The van der Waals surface area contributed by atoms with Crippen LogP contribution in [0.25, 0.3) is 0 Å². The molecule has 2 N–H and O–H groups in total. The number of ether oxygens (including phenoxy) is 6. The number of Topliss-reactive ketones (excluding diaryl/α,β-unsaturated/α-hetero) is 1. The van der Waals surface area contributed by atoms with Crippen molar-refractivity contribution in [3.05, 3.63) is 59.7 Å². The van der Waals surface area contributed by atoms with Gasteiger partial charge in [-0.15, -0.1) is 0 Å². The molecule has 0 radical (unpaired) electrons. The fourth-order valence-corrected chi connectivity index (χ4v) is 4.92. The molecule has 1 amide bonds. The standard InChI is InChI=1S/C30H34N2O11/c1-15(33)31-26-29(41-18(4)36)28(40-17(3)35)23(14-39-16(2)34)43-30(26)42-22-9-7-6-8-21(22)27(37)25-24(32-25)19-10-12-20(38-5)13-11-19/h6-13,23-26,28-30,32H,14H2,1-5H3,(H,31,33)/t23-,24?,25?,26-,28-,29-,30-/m1/s1. The van der Waals surface area contributed by atoms with Gasteiger partial charge in [-0.2, -0.15) is 0 Å². The van der Waals surface area contributed by atoms with Gasteiger partial charge in [0.15, 0.2) is 18.0 Å². The molecule has 2 aliphatic heterocycles. The van der Waals surface area contributed by atoms with E-state index in [1.54, 1.807) is 31.4 Å². The van der Waals surface area contributed by atoms with E-state index in [4.69, 9.17) is 28.4 Å². The Morgan fingerprint density at radius 1 is 0.860 bits per heavy atom. The molecule has 13 heteroatoms. The second-order valence-corrected chi connectivity index (χ2v) is 10.1. The largest absolute Gasteiger partial charge is 0.497 e. The minimum absolute atomic E-state index is 0.133. The molecule has 0 aliphatic carbocycles. The fourth-order valence-electron chi connectivity index (χ4n) is 4.92. The highest BCUT2D eigenvalue weighted by atomic mass is 16.7. The first-order valence-corrected chi connectivity index (χ1v) is 13.6. The van der Waals surface area contributed by atoms with Gasteiger partial charge in [0, 0.05) is 27.7 Å². The summed E-state index contributed by atoms with van der Waals surface area (Å²) < 4.78 is 33.5. The molecular formula is C30H34N2O11. The van der Waals surface area contributed by atoms with Gasteiger partial charge in [0.25, 0.3) is 0 Å². The summed E-state index contributed by atoms with van der Waals surface area (Å²) in [6.07, 6.45) is -5.08. The number of para-hydroxylation sites is 1. The van der Waals surface area contributed by atoms with Gasteiger partial charge in [0.2, 0.25) is 12.2 Å². The molecule has 43 heavy (non-hydrogen) atoms. The van der Waals surface area contributed by atoms with Crippen molar-refractivity contribution in [3.63, 3.8) is 0 Å². The lowest BCUT2D eigenvalue weighted by molar-refractivity contribution is -0.257. The predicted molar refractivity (Wildman–Crippen MR) is 148 cm³/mol. The number of benzene rings is 2. The Morgan fingerprint density at radius 2 is 1.51 bits per heavy atom. The Labute approximate surface area is 248 Å². The smallest absolute Gasteiger partial charge is 0.303 e. The minimum Gasteiger partial charge on any atom is -0.497 e. The topological polar surface area (TPSA) is 175 Å². The third kappa shape index (κ3) is 7.87. The number of ketones is 1.